The Bertz CT molecular complexity index is 672. The number of hydrogen-bond acceptors (Lipinski definition) is 0. The summed E-state index contributed by atoms with van der Waals surface area (Å²) in [6.07, 6.45) is 43.1. The van der Waals surface area contributed by atoms with Crippen LogP contribution in [-0.2, 0) is 0 Å². The van der Waals surface area contributed by atoms with Gasteiger partial charge < -0.3 is 0 Å². The van der Waals surface area contributed by atoms with Crippen molar-refractivity contribution in [3.63, 3.8) is 0 Å². The predicted molar refractivity (Wildman–Crippen MR) is 221 cm³/mol. The summed E-state index contributed by atoms with van der Waals surface area (Å²) >= 11 is 0. The Labute approximate surface area is 304 Å². The van der Waals surface area contributed by atoms with Crippen LogP contribution in [0.1, 0.15) is 261 Å². The van der Waals surface area contributed by atoms with Crippen LogP contribution in [0, 0.1) is 0 Å². The quantitative estimate of drug-likeness (QED) is 0.0628. The van der Waals surface area contributed by atoms with Crippen LogP contribution in [0.4, 0.5) is 0 Å². The van der Waals surface area contributed by atoms with Crippen molar-refractivity contribution in [2.45, 2.75) is 261 Å². The Morgan fingerprint density at radius 3 is 0.354 bits per heavy atom. The van der Waals surface area contributed by atoms with E-state index in [9.17, 15) is 0 Å². The van der Waals surface area contributed by atoms with Crippen molar-refractivity contribution in [3.05, 3.63) is 44.6 Å². The summed E-state index contributed by atoms with van der Waals surface area (Å²) in [5, 5.41) is 0. The van der Waals surface area contributed by atoms with Crippen LogP contribution in [0.15, 0.2) is 44.6 Å². The molecule has 0 fully saturated rings. The number of unbranched alkanes of at least 4 members (excludes halogenated alkanes) is 16. The van der Waals surface area contributed by atoms with E-state index in [1.54, 1.807) is 0 Å². The zero-order chi connectivity index (χ0) is 35.2. The predicted octanol–water partition coefficient (Wildman–Crippen LogP) is 17.8. The van der Waals surface area contributed by atoms with E-state index in [0.717, 1.165) is 0 Å². The molecule has 0 saturated carbocycles. The molecular formula is C48H88. The molecule has 0 N–H and O–H groups in total. The summed E-state index contributed by atoms with van der Waals surface area (Å²) in [6.45, 7) is 19.2. The van der Waals surface area contributed by atoms with E-state index >= 15 is 0 Å². The summed E-state index contributed by atoms with van der Waals surface area (Å²) in [6, 6.07) is 0. The Morgan fingerprint density at radius 1 is 0.167 bits per heavy atom. The minimum absolute atomic E-state index is 1.32. The average molecular weight is 665 g/mol. The van der Waals surface area contributed by atoms with Crippen molar-refractivity contribution in [2.75, 3.05) is 0 Å². The van der Waals surface area contributed by atoms with Crippen LogP contribution in [0.2, 0.25) is 0 Å². The lowest BCUT2D eigenvalue weighted by molar-refractivity contribution is 0.633. The van der Waals surface area contributed by atoms with Crippen molar-refractivity contribution in [1.82, 2.24) is 0 Å². The standard InChI is InChI=1S/C48H88/c1-9-17-25-33-41-42(34-26-18-10-2)44(36-28-20-12-4)46(38-30-22-14-6)48(40-32-24-16-8)47(39-31-23-15-7)45(37-29-21-13-5)43(41)35-27-19-11-3/h9-40H2,1-8H3/b42-41-,43-41?,44-42?,45-43-,46-44-,47-45?,48-46?,48-47-. The van der Waals surface area contributed by atoms with E-state index in [0.29, 0.717) is 0 Å². The first-order chi connectivity index (χ1) is 23.6. The molecule has 0 aliphatic heterocycles. The molecule has 0 atom stereocenters. The van der Waals surface area contributed by atoms with Gasteiger partial charge in [-0.3, -0.25) is 0 Å². The highest BCUT2D eigenvalue weighted by atomic mass is 14.3. The largest absolute Gasteiger partial charge is 0.0654 e. The van der Waals surface area contributed by atoms with E-state index < -0.39 is 0 Å². The van der Waals surface area contributed by atoms with Crippen molar-refractivity contribution in [3.8, 4) is 0 Å². The van der Waals surface area contributed by atoms with Crippen LogP contribution in [0.25, 0.3) is 0 Å². The average Bonchev–Trinajstić information content (AvgIpc) is 3.09. The lowest BCUT2D eigenvalue weighted by atomic mass is 9.72. The molecule has 0 heteroatoms. The first-order valence-corrected chi connectivity index (χ1v) is 22.5. The Hall–Kier alpha value is -1.04. The van der Waals surface area contributed by atoms with Gasteiger partial charge in [-0.25, -0.2) is 0 Å². The van der Waals surface area contributed by atoms with Gasteiger partial charge >= 0.3 is 0 Å². The zero-order valence-corrected chi connectivity index (χ0v) is 34.6. The number of allylic oxidation sites excluding steroid dienone is 8. The highest BCUT2D eigenvalue weighted by molar-refractivity contribution is 5.60. The maximum absolute atomic E-state index is 2.40. The molecule has 0 bridgehead atoms. The fourth-order valence-corrected chi connectivity index (χ4v) is 8.29. The normalized spacial score (nSPS) is 20.5. The first kappa shape index (κ1) is 45.0. The third kappa shape index (κ3) is 17.3. The van der Waals surface area contributed by atoms with Crippen molar-refractivity contribution in [1.29, 1.82) is 0 Å². The molecule has 1 aliphatic carbocycles. The molecular weight excluding hydrogens is 577 g/mol. The maximum Gasteiger partial charge on any atom is -0.0273 e. The number of rotatable bonds is 32. The van der Waals surface area contributed by atoms with Crippen molar-refractivity contribution in [2.24, 2.45) is 0 Å². The van der Waals surface area contributed by atoms with Gasteiger partial charge in [0.05, 0.1) is 0 Å². The SMILES string of the molecule is CCCCCC1=C(CCCCC)/C(CCCCC)=C(CCCCC)\C(CCCCC)=C(CCCCC)/C(CCCCC)=C\1CCCCC. The molecule has 280 valence electrons. The van der Waals surface area contributed by atoms with E-state index in [-0.39, 0.29) is 0 Å². The lowest BCUT2D eigenvalue weighted by Crippen LogP contribution is -2.14. The third-order valence-electron chi connectivity index (χ3n) is 11.2. The van der Waals surface area contributed by atoms with E-state index in [2.05, 4.69) is 55.4 Å². The van der Waals surface area contributed by atoms with Crippen LogP contribution >= 0.6 is 0 Å². The molecule has 0 amide bonds. The second kappa shape index (κ2) is 30.8. The van der Waals surface area contributed by atoms with Gasteiger partial charge in [-0.2, -0.15) is 0 Å². The van der Waals surface area contributed by atoms with Gasteiger partial charge in [-0.05, 0) is 147 Å². The highest BCUT2D eigenvalue weighted by Gasteiger charge is 2.28. The topological polar surface area (TPSA) is 0 Å². The summed E-state index contributed by atoms with van der Waals surface area (Å²) in [7, 11) is 0. The lowest BCUT2D eigenvalue weighted by Gasteiger charge is -2.33. The molecule has 0 radical (unpaired) electrons. The molecule has 0 heterocycles. The molecule has 48 heavy (non-hydrogen) atoms. The molecule has 0 saturated heterocycles. The zero-order valence-electron chi connectivity index (χ0n) is 34.6. The molecule has 0 nitrogen and oxygen atoms in total. The molecule has 0 aromatic carbocycles. The van der Waals surface area contributed by atoms with Crippen molar-refractivity contribution >= 4 is 0 Å². The van der Waals surface area contributed by atoms with Gasteiger partial charge in [-0.1, -0.05) is 158 Å². The van der Waals surface area contributed by atoms with Gasteiger partial charge in [0.1, 0.15) is 0 Å². The summed E-state index contributed by atoms with van der Waals surface area (Å²) < 4.78 is 0. The molecule has 0 spiro atoms. The van der Waals surface area contributed by atoms with Gasteiger partial charge in [0.15, 0.2) is 0 Å². The second-order valence-corrected chi connectivity index (χ2v) is 15.5. The van der Waals surface area contributed by atoms with Crippen LogP contribution in [0.3, 0.4) is 0 Å². The van der Waals surface area contributed by atoms with Crippen molar-refractivity contribution < 1.29 is 0 Å². The van der Waals surface area contributed by atoms with Gasteiger partial charge in [0.25, 0.3) is 0 Å². The third-order valence-corrected chi connectivity index (χ3v) is 11.2. The van der Waals surface area contributed by atoms with E-state index in [1.807, 2.05) is 44.6 Å². The Morgan fingerprint density at radius 2 is 0.271 bits per heavy atom. The second-order valence-electron chi connectivity index (χ2n) is 15.5. The van der Waals surface area contributed by atoms with Crippen LogP contribution in [0.5, 0.6) is 0 Å². The number of hydrogen-bond donors (Lipinski definition) is 0. The molecule has 1 aliphatic rings. The molecule has 1 rings (SSSR count). The van der Waals surface area contributed by atoms with E-state index in [1.165, 1.54) is 205 Å². The summed E-state index contributed by atoms with van der Waals surface area (Å²) in [5.41, 5.74) is 15.0. The fraction of sp³-hybridized carbons (Fsp3) is 0.833. The Balaban J connectivity index is 4.43. The van der Waals surface area contributed by atoms with Gasteiger partial charge in [0.2, 0.25) is 0 Å². The summed E-state index contributed by atoms with van der Waals surface area (Å²) in [4.78, 5) is 0. The van der Waals surface area contributed by atoms with Crippen LogP contribution in [-0.4, -0.2) is 0 Å². The van der Waals surface area contributed by atoms with Gasteiger partial charge in [-0.15, -0.1) is 0 Å². The highest BCUT2D eigenvalue weighted by Crippen LogP contribution is 2.47. The molecule has 0 aromatic heterocycles. The monoisotopic (exact) mass is 665 g/mol. The van der Waals surface area contributed by atoms with Gasteiger partial charge in [0, 0.05) is 0 Å². The maximum atomic E-state index is 2.40. The van der Waals surface area contributed by atoms with E-state index in [4.69, 9.17) is 0 Å². The first-order valence-electron chi connectivity index (χ1n) is 22.5. The summed E-state index contributed by atoms with van der Waals surface area (Å²) in [5.74, 6) is 0. The molecule has 0 unspecified atom stereocenters. The molecule has 0 aromatic rings. The minimum Gasteiger partial charge on any atom is -0.0654 e. The Kier molecular flexibility index (Phi) is 28.8. The minimum atomic E-state index is 1.32. The van der Waals surface area contributed by atoms with Crippen LogP contribution < -0.4 is 0 Å². The fourth-order valence-electron chi connectivity index (χ4n) is 8.29. The smallest absolute Gasteiger partial charge is 0.0273 e.